The molecule has 1 amide bonds. The molecule has 1 fully saturated rings. The maximum atomic E-state index is 14.5. The van der Waals surface area contributed by atoms with Crippen molar-refractivity contribution < 1.29 is 4.79 Å². The van der Waals surface area contributed by atoms with Crippen LogP contribution in [0.3, 0.4) is 0 Å². The second-order valence-electron chi connectivity index (χ2n) is 9.72. The highest BCUT2D eigenvalue weighted by Gasteiger charge is 2.44. The number of benzene rings is 2. The van der Waals surface area contributed by atoms with Gasteiger partial charge in [-0.15, -0.1) is 0 Å². The van der Waals surface area contributed by atoms with Crippen molar-refractivity contribution in [3.8, 4) is 16.9 Å². The molecule has 35 heavy (non-hydrogen) atoms. The average molecular weight is 488 g/mol. The number of nitrogens with zero attached hydrogens (tertiary/aromatic N) is 3. The fourth-order valence-electron chi connectivity index (χ4n) is 5.93. The van der Waals surface area contributed by atoms with Gasteiger partial charge in [0.1, 0.15) is 0 Å². The Bertz CT molecular complexity index is 1320. The van der Waals surface area contributed by atoms with E-state index in [0.29, 0.717) is 18.2 Å². The number of hydrogen-bond acceptors (Lipinski definition) is 4. The Morgan fingerprint density at radius 2 is 1.74 bits per heavy atom. The van der Waals surface area contributed by atoms with Crippen molar-refractivity contribution in [2.45, 2.75) is 63.4 Å². The Balaban J connectivity index is 1.73. The molecule has 0 N–H and O–H groups in total. The molecule has 1 heterocycles. The molecule has 3 aromatic rings. The third kappa shape index (κ3) is 4.12. The van der Waals surface area contributed by atoms with Crippen LogP contribution < -0.4 is 5.56 Å². The summed E-state index contributed by atoms with van der Waals surface area (Å²) in [5.74, 6) is 0.321. The number of para-hydroxylation sites is 1. The molecule has 2 aliphatic rings. The van der Waals surface area contributed by atoms with Crippen LogP contribution in [0.25, 0.3) is 16.9 Å². The van der Waals surface area contributed by atoms with E-state index in [9.17, 15) is 9.59 Å². The number of carbonyl (C=O) groups is 1. The molecule has 0 unspecified atom stereocenters. The zero-order chi connectivity index (χ0) is 24.6. The fraction of sp³-hybridized carbons (Fsp3) is 0.414. The summed E-state index contributed by atoms with van der Waals surface area (Å²) in [5.41, 5.74) is 5.76. The first kappa shape index (κ1) is 23.9. The third-order valence-corrected chi connectivity index (χ3v) is 8.67. The van der Waals surface area contributed by atoms with Gasteiger partial charge in [0.05, 0.1) is 22.7 Å². The van der Waals surface area contributed by atoms with Crippen molar-refractivity contribution in [1.29, 1.82) is 0 Å². The second kappa shape index (κ2) is 9.65. The van der Waals surface area contributed by atoms with E-state index in [4.69, 9.17) is 4.98 Å². The van der Waals surface area contributed by atoms with Gasteiger partial charge in [-0.05, 0) is 57.2 Å². The number of amides is 1. The van der Waals surface area contributed by atoms with Crippen molar-refractivity contribution in [1.82, 2.24) is 14.5 Å². The minimum Gasteiger partial charge on any atom is -0.343 e. The Morgan fingerprint density at radius 1 is 1.06 bits per heavy atom. The topological polar surface area (TPSA) is 55.2 Å². The molecule has 1 saturated carbocycles. The monoisotopic (exact) mass is 487 g/mol. The van der Waals surface area contributed by atoms with Crippen LogP contribution in [-0.4, -0.2) is 39.2 Å². The van der Waals surface area contributed by atoms with Gasteiger partial charge in [-0.25, -0.2) is 4.98 Å². The molecule has 0 saturated heterocycles. The molecule has 0 aliphatic heterocycles. The minimum atomic E-state index is -0.154. The lowest BCUT2D eigenvalue weighted by Gasteiger charge is -2.36. The zero-order valence-corrected chi connectivity index (χ0v) is 21.7. The number of carbonyl (C=O) groups excluding carboxylic acids is 1. The van der Waals surface area contributed by atoms with Crippen LogP contribution in [0.15, 0.2) is 58.5 Å². The summed E-state index contributed by atoms with van der Waals surface area (Å²) in [4.78, 5) is 34.3. The Hall–Kier alpha value is -2.86. The lowest BCUT2D eigenvalue weighted by atomic mass is 9.68. The molecule has 6 heteroatoms. The van der Waals surface area contributed by atoms with Crippen molar-refractivity contribution in [2.75, 3.05) is 18.8 Å². The van der Waals surface area contributed by atoms with Crippen LogP contribution in [0, 0.1) is 6.92 Å². The number of aryl methyl sites for hydroxylation is 1. The van der Waals surface area contributed by atoms with Crippen molar-refractivity contribution in [3.63, 3.8) is 0 Å². The molecule has 2 aliphatic carbocycles. The number of fused-ring (bicyclic) bond motifs is 4. The summed E-state index contributed by atoms with van der Waals surface area (Å²) in [6, 6.07) is 16.3. The molecule has 0 atom stereocenters. The number of thioether (sulfide) groups is 1. The maximum Gasteiger partial charge on any atom is 0.263 e. The van der Waals surface area contributed by atoms with Crippen molar-refractivity contribution in [3.05, 3.63) is 75.6 Å². The highest BCUT2D eigenvalue weighted by molar-refractivity contribution is 7.99. The normalized spacial score (nSPS) is 15.6. The van der Waals surface area contributed by atoms with E-state index in [2.05, 4.69) is 18.2 Å². The van der Waals surface area contributed by atoms with Gasteiger partial charge >= 0.3 is 0 Å². The summed E-state index contributed by atoms with van der Waals surface area (Å²) in [6.45, 7) is 7.36. The number of aromatic nitrogens is 2. The molecular formula is C29H33N3O2S. The minimum absolute atomic E-state index is 0.0264. The summed E-state index contributed by atoms with van der Waals surface area (Å²) < 4.78 is 1.78. The van der Waals surface area contributed by atoms with Crippen molar-refractivity contribution >= 4 is 17.7 Å². The highest BCUT2D eigenvalue weighted by Crippen LogP contribution is 2.50. The van der Waals surface area contributed by atoms with E-state index in [1.807, 2.05) is 56.0 Å². The SMILES string of the molecule is CCN(CC)C(=O)CSc1nc2c(c(=O)n1-c1ccccc1C)C1(CCCC1)Cc1ccccc1-2. The highest BCUT2D eigenvalue weighted by atomic mass is 32.2. The zero-order valence-electron chi connectivity index (χ0n) is 20.8. The largest absolute Gasteiger partial charge is 0.343 e. The summed E-state index contributed by atoms with van der Waals surface area (Å²) in [7, 11) is 0. The first-order valence-electron chi connectivity index (χ1n) is 12.7. The van der Waals surface area contributed by atoms with Crippen LogP contribution in [0.2, 0.25) is 0 Å². The van der Waals surface area contributed by atoms with E-state index in [1.54, 1.807) is 4.57 Å². The van der Waals surface area contributed by atoms with E-state index >= 15 is 0 Å². The lowest BCUT2D eigenvalue weighted by Crippen LogP contribution is -2.40. The molecule has 1 aromatic heterocycles. The predicted molar refractivity (Wildman–Crippen MR) is 143 cm³/mol. The Morgan fingerprint density at radius 3 is 2.46 bits per heavy atom. The summed E-state index contributed by atoms with van der Waals surface area (Å²) in [6.07, 6.45) is 5.21. The number of hydrogen-bond donors (Lipinski definition) is 0. The van der Waals surface area contributed by atoms with Gasteiger partial charge in [0.2, 0.25) is 5.91 Å². The molecular weight excluding hydrogens is 454 g/mol. The standard InChI is InChI=1S/C29H33N3O2S/c1-4-31(5-2)24(33)19-35-28-30-26-22-14-8-7-13-21(22)18-29(16-10-11-17-29)25(26)27(34)32(28)23-15-9-6-12-20(23)3/h6-9,12-15H,4-5,10-11,16-19H2,1-3H3. The smallest absolute Gasteiger partial charge is 0.263 e. The van der Waals surface area contributed by atoms with Crippen LogP contribution >= 0.6 is 11.8 Å². The van der Waals surface area contributed by atoms with Crippen LogP contribution in [0.4, 0.5) is 0 Å². The summed E-state index contributed by atoms with van der Waals surface area (Å²) >= 11 is 1.37. The number of rotatable bonds is 6. The predicted octanol–water partition coefficient (Wildman–Crippen LogP) is 5.54. The average Bonchev–Trinajstić information content (AvgIpc) is 3.32. The van der Waals surface area contributed by atoms with Gasteiger partial charge in [0, 0.05) is 24.1 Å². The second-order valence-corrected chi connectivity index (χ2v) is 10.7. The van der Waals surface area contributed by atoms with Gasteiger partial charge < -0.3 is 4.90 Å². The van der Waals surface area contributed by atoms with Crippen LogP contribution in [0.1, 0.15) is 56.2 Å². The molecule has 0 bridgehead atoms. The van der Waals surface area contributed by atoms with Gasteiger partial charge in [0.15, 0.2) is 5.16 Å². The van der Waals surface area contributed by atoms with Crippen LogP contribution in [-0.2, 0) is 16.6 Å². The quantitative estimate of drug-likeness (QED) is 0.339. The van der Waals surface area contributed by atoms with E-state index in [-0.39, 0.29) is 22.6 Å². The third-order valence-electron chi connectivity index (χ3n) is 7.74. The van der Waals surface area contributed by atoms with Crippen molar-refractivity contribution in [2.24, 2.45) is 0 Å². The van der Waals surface area contributed by atoms with Gasteiger partial charge in [-0.1, -0.05) is 67.1 Å². The van der Waals surface area contributed by atoms with E-state index < -0.39 is 0 Å². The Kier molecular flexibility index (Phi) is 6.58. The van der Waals surface area contributed by atoms with E-state index in [0.717, 1.165) is 60.2 Å². The molecule has 5 rings (SSSR count). The molecule has 0 radical (unpaired) electrons. The molecule has 2 aromatic carbocycles. The molecule has 182 valence electrons. The maximum absolute atomic E-state index is 14.5. The first-order chi connectivity index (χ1) is 17.0. The van der Waals surface area contributed by atoms with E-state index in [1.165, 1.54) is 17.3 Å². The lowest BCUT2D eigenvalue weighted by molar-refractivity contribution is -0.127. The molecule has 5 nitrogen and oxygen atoms in total. The first-order valence-corrected chi connectivity index (χ1v) is 13.7. The van der Waals surface area contributed by atoms with Gasteiger partial charge in [-0.3, -0.25) is 14.2 Å². The fourth-order valence-corrected chi connectivity index (χ4v) is 6.83. The van der Waals surface area contributed by atoms with Crippen LogP contribution in [0.5, 0.6) is 0 Å². The molecule has 1 spiro atoms. The van der Waals surface area contributed by atoms with Gasteiger partial charge in [0.25, 0.3) is 5.56 Å². The van der Waals surface area contributed by atoms with Gasteiger partial charge in [-0.2, -0.15) is 0 Å². The Labute approximate surface area is 211 Å². The summed E-state index contributed by atoms with van der Waals surface area (Å²) in [5, 5.41) is 0.591.